The maximum atomic E-state index is 11.3. The van der Waals surface area contributed by atoms with Crippen molar-refractivity contribution in [2.24, 2.45) is 5.92 Å². The molecule has 88 valence electrons. The molecule has 15 heavy (non-hydrogen) atoms. The number of aliphatic hydroxyl groups excluding tert-OH is 1. The van der Waals surface area contributed by atoms with E-state index < -0.39 is 0 Å². The Kier molecular flexibility index (Phi) is 4.11. The van der Waals surface area contributed by atoms with Gasteiger partial charge in [-0.25, -0.2) is 0 Å². The van der Waals surface area contributed by atoms with Crippen molar-refractivity contribution in [3.8, 4) is 0 Å². The number of ether oxygens (including phenoxy) is 1. The summed E-state index contributed by atoms with van der Waals surface area (Å²) in [4.78, 5) is 11.3. The largest absolute Gasteiger partial charge is 0.391 e. The maximum Gasteiger partial charge on any atom is 0.246 e. The van der Waals surface area contributed by atoms with E-state index in [1.807, 2.05) is 20.8 Å². The standard InChI is InChI=1S/C11H21NO3/c1-11(2,3)15-7-10(14)12-6-9(13)8-4-5-8/h8-9,13H,4-7H2,1-3H3,(H,12,14). The Morgan fingerprint density at radius 1 is 1.53 bits per heavy atom. The molecule has 0 aromatic carbocycles. The number of aliphatic hydroxyl groups is 1. The van der Waals surface area contributed by atoms with E-state index in [1.54, 1.807) is 0 Å². The minimum Gasteiger partial charge on any atom is -0.391 e. The first-order valence-electron chi connectivity index (χ1n) is 5.47. The normalized spacial score (nSPS) is 18.7. The molecule has 2 N–H and O–H groups in total. The Labute approximate surface area is 91.0 Å². The third kappa shape index (κ3) is 5.74. The molecular weight excluding hydrogens is 194 g/mol. The lowest BCUT2D eigenvalue weighted by Gasteiger charge is -2.19. The van der Waals surface area contributed by atoms with Crippen LogP contribution in [0.5, 0.6) is 0 Å². The second-order valence-corrected chi connectivity index (χ2v) is 5.11. The van der Waals surface area contributed by atoms with Crippen LogP contribution in [0.3, 0.4) is 0 Å². The highest BCUT2D eigenvalue weighted by atomic mass is 16.5. The molecule has 1 saturated carbocycles. The third-order valence-electron chi connectivity index (χ3n) is 2.31. The Morgan fingerprint density at radius 2 is 2.13 bits per heavy atom. The van der Waals surface area contributed by atoms with E-state index in [0.717, 1.165) is 12.8 Å². The van der Waals surface area contributed by atoms with Gasteiger partial charge in [-0.05, 0) is 39.5 Å². The van der Waals surface area contributed by atoms with Crippen molar-refractivity contribution >= 4 is 5.91 Å². The van der Waals surface area contributed by atoms with Crippen molar-refractivity contribution in [1.82, 2.24) is 5.32 Å². The Morgan fingerprint density at radius 3 is 2.60 bits per heavy atom. The molecule has 0 aromatic rings. The lowest BCUT2D eigenvalue weighted by molar-refractivity contribution is -0.131. The van der Waals surface area contributed by atoms with E-state index in [9.17, 15) is 9.90 Å². The fourth-order valence-electron chi connectivity index (χ4n) is 1.20. The number of rotatable bonds is 5. The van der Waals surface area contributed by atoms with Gasteiger partial charge < -0.3 is 15.2 Å². The molecule has 0 spiro atoms. The number of carbonyl (C=O) groups excluding carboxylic acids is 1. The molecular formula is C11H21NO3. The minimum absolute atomic E-state index is 0.0564. The van der Waals surface area contributed by atoms with Crippen LogP contribution >= 0.6 is 0 Å². The zero-order valence-electron chi connectivity index (χ0n) is 9.75. The topological polar surface area (TPSA) is 58.6 Å². The Hall–Kier alpha value is -0.610. The van der Waals surface area contributed by atoms with Crippen LogP contribution in [0.4, 0.5) is 0 Å². The van der Waals surface area contributed by atoms with Crippen molar-refractivity contribution in [3.05, 3.63) is 0 Å². The average Bonchev–Trinajstić information content (AvgIpc) is 2.92. The van der Waals surface area contributed by atoms with E-state index in [2.05, 4.69) is 5.32 Å². The number of hydrogen-bond acceptors (Lipinski definition) is 3. The van der Waals surface area contributed by atoms with Gasteiger partial charge in [-0.15, -0.1) is 0 Å². The van der Waals surface area contributed by atoms with Crippen LogP contribution in [0.15, 0.2) is 0 Å². The van der Waals surface area contributed by atoms with Gasteiger partial charge in [-0.2, -0.15) is 0 Å². The highest BCUT2D eigenvalue weighted by Crippen LogP contribution is 2.32. The van der Waals surface area contributed by atoms with Crippen molar-refractivity contribution in [2.45, 2.75) is 45.3 Å². The van der Waals surface area contributed by atoms with Crippen LogP contribution in [-0.4, -0.2) is 35.9 Å². The number of carbonyl (C=O) groups is 1. The van der Waals surface area contributed by atoms with Gasteiger partial charge >= 0.3 is 0 Å². The number of amides is 1. The van der Waals surface area contributed by atoms with Crippen LogP contribution < -0.4 is 5.32 Å². The first kappa shape index (κ1) is 12.5. The summed E-state index contributed by atoms with van der Waals surface area (Å²) in [5.74, 6) is 0.235. The van der Waals surface area contributed by atoms with Crippen molar-refractivity contribution in [2.75, 3.05) is 13.2 Å². The van der Waals surface area contributed by atoms with E-state index in [0.29, 0.717) is 12.5 Å². The summed E-state index contributed by atoms with van der Waals surface area (Å²) in [7, 11) is 0. The molecule has 1 aliphatic carbocycles. The van der Waals surface area contributed by atoms with Crippen LogP contribution in [0.25, 0.3) is 0 Å². The Bertz CT molecular complexity index is 218. The minimum atomic E-state index is -0.386. The Balaban J connectivity index is 2.07. The van der Waals surface area contributed by atoms with Gasteiger partial charge in [0.25, 0.3) is 0 Å². The second-order valence-electron chi connectivity index (χ2n) is 5.11. The fraction of sp³-hybridized carbons (Fsp3) is 0.909. The molecule has 1 rings (SSSR count). The van der Waals surface area contributed by atoms with Gasteiger partial charge in [0.1, 0.15) is 6.61 Å². The summed E-state index contributed by atoms with van der Waals surface area (Å²) in [6.45, 7) is 6.11. The van der Waals surface area contributed by atoms with Gasteiger partial charge in [0, 0.05) is 6.54 Å². The van der Waals surface area contributed by atoms with E-state index >= 15 is 0 Å². The van der Waals surface area contributed by atoms with Gasteiger partial charge in [0.2, 0.25) is 5.91 Å². The first-order valence-corrected chi connectivity index (χ1v) is 5.47. The van der Waals surface area contributed by atoms with Gasteiger partial charge in [-0.3, -0.25) is 4.79 Å². The van der Waals surface area contributed by atoms with E-state index in [1.165, 1.54) is 0 Å². The highest BCUT2D eigenvalue weighted by molar-refractivity contribution is 5.77. The smallest absolute Gasteiger partial charge is 0.246 e. The summed E-state index contributed by atoms with van der Waals surface area (Å²) in [6, 6.07) is 0. The zero-order chi connectivity index (χ0) is 11.5. The molecule has 4 nitrogen and oxygen atoms in total. The summed E-state index contributed by atoms with van der Waals surface area (Å²) in [6.07, 6.45) is 1.77. The highest BCUT2D eigenvalue weighted by Gasteiger charge is 2.29. The van der Waals surface area contributed by atoms with Crippen LogP contribution in [0.2, 0.25) is 0 Å². The predicted molar refractivity (Wildman–Crippen MR) is 57.4 cm³/mol. The monoisotopic (exact) mass is 215 g/mol. The molecule has 1 aliphatic rings. The molecule has 4 heteroatoms. The van der Waals surface area contributed by atoms with Gasteiger partial charge in [0.05, 0.1) is 11.7 Å². The summed E-state index contributed by atoms with van der Waals surface area (Å²) >= 11 is 0. The van der Waals surface area contributed by atoms with E-state index in [4.69, 9.17) is 4.74 Å². The van der Waals surface area contributed by atoms with Gasteiger partial charge in [0.15, 0.2) is 0 Å². The van der Waals surface area contributed by atoms with Crippen molar-refractivity contribution in [1.29, 1.82) is 0 Å². The number of hydrogen-bond donors (Lipinski definition) is 2. The lowest BCUT2D eigenvalue weighted by atomic mass is 10.2. The van der Waals surface area contributed by atoms with Crippen LogP contribution in [-0.2, 0) is 9.53 Å². The average molecular weight is 215 g/mol. The molecule has 1 fully saturated rings. The molecule has 0 heterocycles. The molecule has 0 saturated heterocycles. The van der Waals surface area contributed by atoms with Crippen LogP contribution in [0.1, 0.15) is 33.6 Å². The summed E-state index contributed by atoms with van der Waals surface area (Å²) < 4.78 is 5.31. The molecule has 1 unspecified atom stereocenters. The summed E-state index contributed by atoms with van der Waals surface area (Å²) in [5, 5.41) is 12.2. The SMILES string of the molecule is CC(C)(C)OCC(=O)NCC(O)C1CC1. The maximum absolute atomic E-state index is 11.3. The molecule has 0 bridgehead atoms. The van der Waals surface area contributed by atoms with Crippen molar-refractivity contribution in [3.63, 3.8) is 0 Å². The molecule has 0 aromatic heterocycles. The fourth-order valence-corrected chi connectivity index (χ4v) is 1.20. The number of nitrogens with one attached hydrogen (secondary N) is 1. The van der Waals surface area contributed by atoms with Crippen LogP contribution in [0, 0.1) is 5.92 Å². The first-order chi connectivity index (χ1) is 6.88. The quantitative estimate of drug-likeness (QED) is 0.709. The predicted octanol–water partition coefficient (Wildman–Crippen LogP) is 0.689. The zero-order valence-corrected chi connectivity index (χ0v) is 9.75. The van der Waals surface area contributed by atoms with Gasteiger partial charge in [-0.1, -0.05) is 0 Å². The van der Waals surface area contributed by atoms with E-state index in [-0.39, 0.29) is 24.2 Å². The molecule has 1 amide bonds. The second kappa shape index (κ2) is 4.94. The third-order valence-corrected chi connectivity index (χ3v) is 2.31. The van der Waals surface area contributed by atoms with Crippen molar-refractivity contribution < 1.29 is 14.6 Å². The summed E-state index contributed by atoms with van der Waals surface area (Å²) in [5.41, 5.74) is -0.299. The molecule has 0 aliphatic heterocycles. The lowest BCUT2D eigenvalue weighted by Crippen LogP contribution is -2.37. The molecule has 0 radical (unpaired) electrons. The molecule has 1 atom stereocenters.